The van der Waals surface area contributed by atoms with Crippen molar-refractivity contribution in [1.29, 1.82) is 0 Å². The molecule has 1 aromatic carbocycles. The van der Waals surface area contributed by atoms with Crippen LogP contribution in [-0.2, 0) is 0 Å². The third-order valence-electron chi connectivity index (χ3n) is 2.45. The topological polar surface area (TPSA) is 104 Å². The van der Waals surface area contributed by atoms with Crippen LogP contribution in [0.25, 0.3) is 11.0 Å². The van der Waals surface area contributed by atoms with E-state index < -0.39 is 4.92 Å². The van der Waals surface area contributed by atoms with E-state index in [-0.39, 0.29) is 34.0 Å². The first-order chi connectivity index (χ1) is 9.10. The lowest BCUT2D eigenvalue weighted by molar-refractivity contribution is -0.384. The number of carbonyl (C=O) groups is 1. The maximum atomic E-state index is 11.0. The number of rotatable bonds is 4. The molecule has 0 fully saturated rings. The second-order valence-electron chi connectivity index (χ2n) is 3.52. The number of ether oxygens (including phenoxy) is 2. The minimum Gasteiger partial charge on any atom is -0.477 e. The van der Waals surface area contributed by atoms with Crippen LogP contribution in [0.3, 0.4) is 0 Å². The van der Waals surface area contributed by atoms with Gasteiger partial charge in [-0.1, -0.05) is 0 Å². The van der Waals surface area contributed by atoms with Gasteiger partial charge in [0.2, 0.25) is 0 Å². The van der Waals surface area contributed by atoms with Gasteiger partial charge in [-0.2, -0.15) is 0 Å². The number of nitro groups is 1. The molecule has 0 saturated carbocycles. The van der Waals surface area contributed by atoms with Crippen LogP contribution in [-0.4, -0.2) is 35.4 Å². The van der Waals surface area contributed by atoms with Crippen molar-refractivity contribution in [2.45, 2.75) is 0 Å². The number of aromatic nitrogens is 2. The summed E-state index contributed by atoms with van der Waals surface area (Å²) in [6, 6.07) is 2.35. The first-order valence-corrected chi connectivity index (χ1v) is 5.14. The van der Waals surface area contributed by atoms with Crippen LogP contribution >= 0.6 is 0 Å². The molecular weight excluding hydrogens is 254 g/mol. The van der Waals surface area contributed by atoms with E-state index in [1.54, 1.807) is 0 Å². The molecule has 0 atom stereocenters. The van der Waals surface area contributed by atoms with Gasteiger partial charge < -0.3 is 9.47 Å². The van der Waals surface area contributed by atoms with Crippen LogP contribution in [0.1, 0.15) is 10.4 Å². The van der Waals surface area contributed by atoms with Crippen LogP contribution in [0.2, 0.25) is 0 Å². The number of nitrogens with zero attached hydrogens (tertiary/aromatic N) is 3. The van der Waals surface area contributed by atoms with E-state index in [2.05, 4.69) is 9.97 Å². The molecule has 0 spiro atoms. The second-order valence-corrected chi connectivity index (χ2v) is 3.52. The van der Waals surface area contributed by atoms with Crippen molar-refractivity contribution in [3.8, 4) is 11.8 Å². The number of carbonyl (C=O) groups excluding carboxylic acids is 1. The molecular formula is C11H9N3O5. The van der Waals surface area contributed by atoms with Crippen LogP contribution in [0.4, 0.5) is 5.69 Å². The Morgan fingerprint density at radius 1 is 1.21 bits per heavy atom. The molecule has 0 aliphatic carbocycles. The molecule has 0 aliphatic rings. The summed E-state index contributed by atoms with van der Waals surface area (Å²) in [6.07, 6.45) is 0.482. The second kappa shape index (κ2) is 4.84. The summed E-state index contributed by atoms with van der Waals surface area (Å²) in [5.74, 6) is 0.194. The molecule has 0 unspecified atom stereocenters. The van der Waals surface area contributed by atoms with E-state index in [1.807, 2.05) is 0 Å². The first-order valence-electron chi connectivity index (χ1n) is 5.14. The Kier molecular flexibility index (Phi) is 3.23. The Morgan fingerprint density at radius 2 is 1.84 bits per heavy atom. The van der Waals surface area contributed by atoms with E-state index >= 15 is 0 Å². The van der Waals surface area contributed by atoms with Crippen LogP contribution < -0.4 is 9.47 Å². The molecule has 0 bridgehead atoms. The Morgan fingerprint density at radius 3 is 2.37 bits per heavy atom. The Labute approximate surface area is 107 Å². The van der Waals surface area contributed by atoms with Gasteiger partial charge in [-0.05, 0) is 0 Å². The van der Waals surface area contributed by atoms with E-state index in [1.165, 1.54) is 20.3 Å². The summed E-state index contributed by atoms with van der Waals surface area (Å²) >= 11 is 0. The van der Waals surface area contributed by atoms with E-state index in [4.69, 9.17) is 9.47 Å². The van der Waals surface area contributed by atoms with Crippen molar-refractivity contribution < 1.29 is 19.2 Å². The predicted octanol–water partition coefficient (Wildman–Crippen LogP) is 1.37. The van der Waals surface area contributed by atoms with Crippen molar-refractivity contribution in [3.05, 3.63) is 27.8 Å². The molecule has 0 N–H and O–H groups in total. The third-order valence-corrected chi connectivity index (χ3v) is 2.45. The summed E-state index contributed by atoms with van der Waals surface area (Å²) in [5, 5.41) is 10.8. The Balaban J connectivity index is 2.82. The highest BCUT2D eigenvalue weighted by molar-refractivity contribution is 5.96. The molecule has 0 saturated heterocycles. The summed E-state index contributed by atoms with van der Waals surface area (Å²) in [7, 11) is 2.75. The summed E-state index contributed by atoms with van der Waals surface area (Å²) < 4.78 is 9.93. The van der Waals surface area contributed by atoms with Gasteiger partial charge in [-0.15, -0.1) is 0 Å². The molecule has 98 valence electrons. The quantitative estimate of drug-likeness (QED) is 0.466. The van der Waals surface area contributed by atoms with Crippen LogP contribution in [0, 0.1) is 10.1 Å². The molecule has 1 heterocycles. The van der Waals surface area contributed by atoms with Crippen molar-refractivity contribution >= 4 is 23.0 Å². The van der Waals surface area contributed by atoms with Gasteiger partial charge in [-0.3, -0.25) is 14.9 Å². The fraction of sp³-hybridized carbons (Fsp3) is 0.182. The van der Waals surface area contributed by atoms with Gasteiger partial charge in [-0.25, -0.2) is 9.97 Å². The van der Waals surface area contributed by atoms with E-state index in [0.717, 1.165) is 6.07 Å². The normalized spacial score (nSPS) is 10.2. The SMILES string of the molecule is COc1nc2cc([N+](=O)[O-])cc(C=O)c2nc1OC. The molecule has 8 nitrogen and oxygen atoms in total. The van der Waals surface area contributed by atoms with Gasteiger partial charge in [0.1, 0.15) is 11.0 Å². The molecule has 2 rings (SSSR count). The zero-order valence-electron chi connectivity index (χ0n) is 10.1. The summed E-state index contributed by atoms with van der Waals surface area (Å²) in [4.78, 5) is 29.3. The number of non-ortho nitro benzene ring substituents is 1. The van der Waals surface area contributed by atoms with Crippen LogP contribution in [0.5, 0.6) is 11.8 Å². The van der Waals surface area contributed by atoms with Gasteiger partial charge in [0.25, 0.3) is 17.4 Å². The lowest BCUT2D eigenvalue weighted by Gasteiger charge is -2.07. The number of nitro benzene ring substituents is 1. The molecule has 8 heteroatoms. The molecule has 1 aromatic heterocycles. The van der Waals surface area contributed by atoms with Crippen LogP contribution in [0.15, 0.2) is 12.1 Å². The lowest BCUT2D eigenvalue weighted by Crippen LogP contribution is -2.00. The Hall–Kier alpha value is -2.77. The molecule has 2 aromatic rings. The fourth-order valence-electron chi connectivity index (χ4n) is 1.60. The standard InChI is InChI=1S/C11H9N3O5/c1-18-10-11(19-2)13-9-6(5-15)3-7(14(16)17)4-8(9)12-10/h3-5H,1-2H3. The highest BCUT2D eigenvalue weighted by atomic mass is 16.6. The number of aldehydes is 1. The van der Waals surface area contributed by atoms with Crippen molar-refractivity contribution in [3.63, 3.8) is 0 Å². The average Bonchev–Trinajstić information content (AvgIpc) is 2.44. The van der Waals surface area contributed by atoms with Gasteiger partial charge >= 0.3 is 0 Å². The average molecular weight is 263 g/mol. The van der Waals surface area contributed by atoms with Crippen molar-refractivity contribution in [2.24, 2.45) is 0 Å². The smallest absolute Gasteiger partial charge is 0.278 e. The number of hydrogen-bond donors (Lipinski definition) is 0. The van der Waals surface area contributed by atoms with Gasteiger partial charge in [0, 0.05) is 17.7 Å². The molecule has 19 heavy (non-hydrogen) atoms. The van der Waals surface area contributed by atoms with Gasteiger partial charge in [0.15, 0.2) is 6.29 Å². The number of hydrogen-bond acceptors (Lipinski definition) is 7. The number of fused-ring (bicyclic) bond motifs is 1. The third kappa shape index (κ3) is 2.15. The zero-order valence-corrected chi connectivity index (χ0v) is 10.1. The molecule has 0 amide bonds. The molecule has 0 aliphatic heterocycles. The number of benzene rings is 1. The summed E-state index contributed by atoms with van der Waals surface area (Å²) in [6.45, 7) is 0. The maximum Gasteiger partial charge on any atom is 0.278 e. The lowest BCUT2D eigenvalue weighted by atomic mass is 10.1. The van der Waals surface area contributed by atoms with E-state index in [0.29, 0.717) is 6.29 Å². The minimum absolute atomic E-state index is 0.0673. The first kappa shape index (κ1) is 12.7. The van der Waals surface area contributed by atoms with Crippen molar-refractivity contribution in [1.82, 2.24) is 9.97 Å². The van der Waals surface area contributed by atoms with E-state index in [9.17, 15) is 14.9 Å². The Bertz CT molecular complexity index is 671. The predicted molar refractivity (Wildman–Crippen MR) is 64.7 cm³/mol. The zero-order chi connectivity index (χ0) is 14.0. The minimum atomic E-state index is -0.606. The van der Waals surface area contributed by atoms with Crippen molar-refractivity contribution in [2.75, 3.05) is 14.2 Å². The molecule has 0 radical (unpaired) electrons. The largest absolute Gasteiger partial charge is 0.477 e. The summed E-state index contributed by atoms with van der Waals surface area (Å²) in [5.41, 5.74) is 0.237. The number of methoxy groups -OCH3 is 2. The van der Waals surface area contributed by atoms with Gasteiger partial charge in [0.05, 0.1) is 19.1 Å². The fourth-order valence-corrected chi connectivity index (χ4v) is 1.60. The maximum absolute atomic E-state index is 11.0. The highest BCUT2D eigenvalue weighted by Crippen LogP contribution is 2.29. The monoisotopic (exact) mass is 263 g/mol. The highest BCUT2D eigenvalue weighted by Gasteiger charge is 2.17.